The van der Waals surface area contributed by atoms with Gasteiger partial charge in [-0.1, -0.05) is 71.7 Å². The molecule has 0 spiro atoms. The molecule has 0 unspecified atom stereocenters. The normalized spacial score (nSPS) is 22.6. The van der Waals surface area contributed by atoms with E-state index in [0.717, 1.165) is 27.2 Å². The molecule has 1 heterocycles. The van der Waals surface area contributed by atoms with Crippen molar-refractivity contribution in [2.75, 3.05) is 12.0 Å². The minimum atomic E-state index is -1.25. The average Bonchev–Trinajstić information content (AvgIpc) is 3.31. The van der Waals surface area contributed by atoms with Gasteiger partial charge in [-0.25, -0.2) is 10.3 Å². The Balaban J connectivity index is 1.39. The topological polar surface area (TPSA) is 131 Å². The Hall–Kier alpha value is -5.06. The summed E-state index contributed by atoms with van der Waals surface area (Å²) < 4.78 is 5.42. The van der Waals surface area contributed by atoms with E-state index in [2.05, 4.69) is 10.5 Å². The number of methoxy groups -OCH3 is 1. The summed E-state index contributed by atoms with van der Waals surface area (Å²) in [6.07, 6.45) is 1.53. The van der Waals surface area contributed by atoms with E-state index in [9.17, 15) is 24.5 Å². The van der Waals surface area contributed by atoms with Crippen molar-refractivity contribution >= 4 is 58.5 Å². The molecular formula is C33H22Cl2N4O6. The van der Waals surface area contributed by atoms with Crippen molar-refractivity contribution in [3.8, 4) is 5.75 Å². The van der Waals surface area contributed by atoms with Crippen LogP contribution in [0.25, 0.3) is 0 Å². The zero-order valence-corrected chi connectivity index (χ0v) is 25.0. The molecule has 1 fully saturated rings. The highest BCUT2D eigenvalue weighted by molar-refractivity contribution is 6.36. The summed E-state index contributed by atoms with van der Waals surface area (Å²) in [4.78, 5) is 54.0. The molecule has 1 aliphatic heterocycles. The van der Waals surface area contributed by atoms with Crippen LogP contribution in [-0.2, 0) is 15.0 Å². The fraction of sp³-hybridized carbons (Fsp3) is 0.152. The monoisotopic (exact) mass is 640 g/mol. The summed E-state index contributed by atoms with van der Waals surface area (Å²) in [5.74, 6) is -3.74. The molecule has 3 amide bonds. The number of anilines is 1. The lowest BCUT2D eigenvalue weighted by Crippen LogP contribution is -2.54. The van der Waals surface area contributed by atoms with Crippen LogP contribution in [0, 0.1) is 22.0 Å². The zero-order chi connectivity index (χ0) is 31.6. The van der Waals surface area contributed by atoms with E-state index in [1.54, 1.807) is 0 Å². The van der Waals surface area contributed by atoms with Gasteiger partial charge in [0.25, 0.3) is 11.6 Å². The number of rotatable bonds is 6. The van der Waals surface area contributed by atoms with Gasteiger partial charge in [-0.2, -0.15) is 5.10 Å². The van der Waals surface area contributed by atoms with Crippen molar-refractivity contribution in [2.24, 2.45) is 16.9 Å². The van der Waals surface area contributed by atoms with Crippen LogP contribution in [0.5, 0.6) is 5.75 Å². The fourth-order valence-electron chi connectivity index (χ4n) is 7.18. The first kappa shape index (κ1) is 28.7. The Morgan fingerprint density at radius 2 is 1.64 bits per heavy atom. The van der Waals surface area contributed by atoms with Gasteiger partial charge in [-0.05, 0) is 46.5 Å². The molecule has 4 aromatic carbocycles. The third kappa shape index (κ3) is 4.09. The highest BCUT2D eigenvalue weighted by Crippen LogP contribution is 2.64. The first-order valence-electron chi connectivity index (χ1n) is 13.9. The van der Waals surface area contributed by atoms with Gasteiger partial charge >= 0.3 is 0 Å². The molecule has 2 atom stereocenters. The van der Waals surface area contributed by atoms with Crippen LogP contribution in [0.3, 0.4) is 0 Å². The number of ether oxygens (including phenoxy) is 1. The minimum Gasteiger partial charge on any atom is -0.494 e. The van der Waals surface area contributed by atoms with Crippen molar-refractivity contribution in [1.29, 1.82) is 0 Å². The molecule has 8 rings (SSSR count). The number of hydrogen-bond donors (Lipinski definition) is 1. The lowest BCUT2D eigenvalue weighted by molar-refractivity contribution is -0.384. The van der Waals surface area contributed by atoms with Gasteiger partial charge in [0.2, 0.25) is 11.8 Å². The second-order valence-electron chi connectivity index (χ2n) is 11.0. The largest absolute Gasteiger partial charge is 0.494 e. The predicted molar refractivity (Wildman–Crippen MR) is 167 cm³/mol. The molecule has 224 valence electrons. The number of hydrogen-bond acceptors (Lipinski definition) is 7. The van der Waals surface area contributed by atoms with Crippen LogP contribution in [0.2, 0.25) is 10.0 Å². The average molecular weight is 641 g/mol. The molecule has 0 saturated carbocycles. The highest BCUT2D eigenvalue weighted by Gasteiger charge is 2.68. The third-order valence-corrected chi connectivity index (χ3v) is 9.46. The van der Waals surface area contributed by atoms with Crippen LogP contribution in [0.1, 0.15) is 38.5 Å². The number of carbonyl (C=O) groups excluding carboxylic acids is 3. The van der Waals surface area contributed by atoms with Crippen molar-refractivity contribution in [1.82, 2.24) is 5.43 Å². The maximum Gasteiger partial charge on any atom is 0.273 e. The Morgan fingerprint density at radius 1 is 0.978 bits per heavy atom. The number of nitro benzene ring substituents is 1. The number of non-ortho nitro benzene ring substituents is 1. The van der Waals surface area contributed by atoms with Crippen molar-refractivity contribution in [3.05, 3.63) is 133 Å². The van der Waals surface area contributed by atoms with Crippen LogP contribution >= 0.6 is 23.2 Å². The van der Waals surface area contributed by atoms with Gasteiger partial charge in [0.15, 0.2) is 0 Å². The van der Waals surface area contributed by atoms with Gasteiger partial charge < -0.3 is 4.74 Å². The minimum absolute atomic E-state index is 0.0155. The summed E-state index contributed by atoms with van der Waals surface area (Å²) in [6, 6.07) is 23.4. The highest BCUT2D eigenvalue weighted by atomic mass is 35.5. The van der Waals surface area contributed by atoms with Gasteiger partial charge in [0.1, 0.15) is 5.75 Å². The molecule has 4 aromatic rings. The van der Waals surface area contributed by atoms with Crippen LogP contribution in [0.4, 0.5) is 11.4 Å². The smallest absolute Gasteiger partial charge is 0.273 e. The lowest BCUT2D eigenvalue weighted by Gasteiger charge is -2.52. The Labute approximate surface area is 266 Å². The number of halogens is 2. The zero-order valence-electron chi connectivity index (χ0n) is 23.4. The van der Waals surface area contributed by atoms with E-state index in [0.29, 0.717) is 5.02 Å². The van der Waals surface area contributed by atoms with E-state index >= 15 is 0 Å². The van der Waals surface area contributed by atoms with Gasteiger partial charge in [0, 0.05) is 23.2 Å². The molecule has 2 bridgehead atoms. The Morgan fingerprint density at radius 3 is 2.27 bits per heavy atom. The maximum atomic E-state index is 14.6. The SMILES string of the molecule is COc1cc([N+](=O)[O-])ccc1N1C(=O)[C@H]2C3c4ccccc4C(/C=N\NC(=O)c4ccc(Cl)cc4Cl)(c4ccccc43)[C@H]2C1=O. The van der Waals surface area contributed by atoms with Gasteiger partial charge in [-0.15, -0.1) is 0 Å². The first-order chi connectivity index (χ1) is 21.7. The number of nitro groups is 1. The lowest BCUT2D eigenvalue weighted by atomic mass is 9.47. The summed E-state index contributed by atoms with van der Waals surface area (Å²) in [5.41, 5.74) is 4.63. The van der Waals surface area contributed by atoms with Crippen molar-refractivity contribution in [2.45, 2.75) is 11.3 Å². The number of hydrazone groups is 1. The molecule has 45 heavy (non-hydrogen) atoms. The molecule has 1 N–H and O–H groups in total. The number of nitrogens with zero attached hydrogens (tertiary/aromatic N) is 3. The Kier molecular flexibility index (Phi) is 6.72. The van der Waals surface area contributed by atoms with Crippen LogP contribution < -0.4 is 15.1 Å². The number of benzene rings is 4. The predicted octanol–water partition coefficient (Wildman–Crippen LogP) is 5.88. The van der Waals surface area contributed by atoms with E-state index in [1.807, 2.05) is 48.5 Å². The summed E-state index contributed by atoms with van der Waals surface area (Å²) in [7, 11) is 1.32. The molecule has 4 aliphatic rings. The van der Waals surface area contributed by atoms with E-state index in [4.69, 9.17) is 27.9 Å². The number of imide groups is 1. The molecule has 10 nitrogen and oxygen atoms in total. The van der Waals surface area contributed by atoms with E-state index in [1.165, 1.54) is 49.7 Å². The van der Waals surface area contributed by atoms with Crippen LogP contribution in [-0.4, -0.2) is 36.0 Å². The standard InChI is InChI=1S/C33H22Cl2N4O6/c1-45-26-15-18(39(43)44)11-13-25(26)38-31(41)28-27-19-6-2-4-8-22(19)33(29(28)32(38)42,23-9-5-3-7-20(23)27)16-36-37-30(40)21-12-10-17(34)14-24(21)35/h2-16,27-29H,1H3,(H,37,40)/b36-16-/t27?,28-,29+,33?/m0/s1. The summed E-state index contributed by atoms with van der Waals surface area (Å²) in [6.45, 7) is 0. The molecule has 0 radical (unpaired) electrons. The number of amides is 3. The number of carbonyl (C=O) groups is 3. The maximum absolute atomic E-state index is 14.6. The quantitative estimate of drug-likeness (QED) is 0.121. The summed E-state index contributed by atoms with van der Waals surface area (Å²) in [5, 5.41) is 16.3. The van der Waals surface area contributed by atoms with Gasteiger partial charge in [0.05, 0.1) is 51.6 Å². The molecule has 1 saturated heterocycles. The molecule has 12 heteroatoms. The first-order valence-corrected chi connectivity index (χ1v) is 14.6. The third-order valence-electron chi connectivity index (χ3n) is 8.91. The Bertz CT molecular complexity index is 1950. The van der Waals surface area contributed by atoms with Crippen molar-refractivity contribution < 1.29 is 24.0 Å². The van der Waals surface area contributed by atoms with Crippen molar-refractivity contribution in [3.63, 3.8) is 0 Å². The second kappa shape index (κ2) is 10.5. The van der Waals surface area contributed by atoms with Crippen LogP contribution in [0.15, 0.2) is 90.0 Å². The molecule has 3 aliphatic carbocycles. The van der Waals surface area contributed by atoms with Gasteiger partial charge in [-0.3, -0.25) is 24.5 Å². The number of nitrogens with one attached hydrogen (secondary N) is 1. The molecular weight excluding hydrogens is 619 g/mol. The van der Waals surface area contributed by atoms with E-state index < -0.39 is 45.8 Å². The summed E-state index contributed by atoms with van der Waals surface area (Å²) >= 11 is 12.2. The molecule has 0 aromatic heterocycles. The van der Waals surface area contributed by atoms with E-state index in [-0.39, 0.29) is 27.7 Å². The second-order valence-corrected chi connectivity index (χ2v) is 11.8. The fourth-order valence-corrected chi connectivity index (χ4v) is 7.67.